The van der Waals surface area contributed by atoms with Crippen LogP contribution in [0.15, 0.2) is 61.2 Å². The van der Waals surface area contributed by atoms with E-state index in [1.807, 2.05) is 24.3 Å². The lowest BCUT2D eigenvalue weighted by Gasteiger charge is -2.50. The lowest BCUT2D eigenvalue weighted by molar-refractivity contribution is -0.0444. The molecule has 3 saturated heterocycles. The van der Waals surface area contributed by atoms with Crippen molar-refractivity contribution in [3.8, 4) is 17.0 Å². The van der Waals surface area contributed by atoms with E-state index in [0.29, 0.717) is 11.8 Å². The van der Waals surface area contributed by atoms with Gasteiger partial charge in [-0.1, -0.05) is 6.08 Å². The van der Waals surface area contributed by atoms with E-state index in [4.69, 9.17) is 9.72 Å². The molecule has 3 fully saturated rings. The number of pyridine rings is 1. The summed E-state index contributed by atoms with van der Waals surface area (Å²) in [5.74, 6) is 1.52. The van der Waals surface area contributed by atoms with Crippen LogP contribution in [-0.4, -0.2) is 41.2 Å². The Labute approximate surface area is 206 Å². The van der Waals surface area contributed by atoms with Crippen LogP contribution >= 0.6 is 24.8 Å². The molecule has 6 rings (SSSR count). The fourth-order valence-corrected chi connectivity index (χ4v) is 5.28. The van der Waals surface area contributed by atoms with Gasteiger partial charge in [0, 0.05) is 23.5 Å². The maximum absolute atomic E-state index is 13.4. The summed E-state index contributed by atoms with van der Waals surface area (Å²) in [5, 5.41) is 12.5. The Morgan fingerprint density at radius 1 is 1.18 bits per heavy atom. The van der Waals surface area contributed by atoms with E-state index in [2.05, 4.69) is 17.6 Å². The first-order valence-corrected chi connectivity index (χ1v) is 10.9. The van der Waals surface area contributed by atoms with Crippen LogP contribution in [0.4, 0.5) is 4.39 Å². The van der Waals surface area contributed by atoms with Gasteiger partial charge in [-0.3, -0.25) is 4.90 Å². The molecular weight excluding hydrogens is 462 g/mol. The lowest BCUT2D eigenvalue weighted by Crippen LogP contribution is -2.54. The monoisotopic (exact) mass is 490 g/mol. The highest BCUT2D eigenvalue weighted by Gasteiger charge is 2.42. The number of nitrogens with zero attached hydrogens (tertiary/aromatic N) is 2. The first kappa shape index (κ1) is 25.4. The van der Waals surface area contributed by atoms with Crippen molar-refractivity contribution in [2.75, 3.05) is 20.2 Å². The molecule has 0 spiro atoms. The smallest absolute Gasteiger partial charge is 0.123 e. The van der Waals surface area contributed by atoms with Crippen molar-refractivity contribution in [1.82, 2.24) is 9.88 Å². The van der Waals surface area contributed by atoms with Crippen molar-refractivity contribution in [3.05, 3.63) is 72.6 Å². The van der Waals surface area contributed by atoms with Crippen LogP contribution in [0.1, 0.15) is 24.5 Å². The Bertz CT molecular complexity index is 1130. The third-order valence-corrected chi connectivity index (χ3v) is 7.02. The van der Waals surface area contributed by atoms with Gasteiger partial charge in [0.05, 0.1) is 24.4 Å². The molecule has 33 heavy (non-hydrogen) atoms. The van der Waals surface area contributed by atoms with E-state index in [1.54, 1.807) is 19.2 Å². The van der Waals surface area contributed by atoms with E-state index in [-0.39, 0.29) is 36.7 Å². The van der Waals surface area contributed by atoms with E-state index >= 15 is 0 Å². The summed E-state index contributed by atoms with van der Waals surface area (Å²) in [6, 6.07) is 14.1. The highest BCUT2D eigenvalue weighted by molar-refractivity contribution is 5.87. The summed E-state index contributed by atoms with van der Waals surface area (Å²) in [6.07, 6.45) is 3.53. The Hall–Kier alpha value is -2.18. The van der Waals surface area contributed by atoms with Gasteiger partial charge in [0.15, 0.2) is 0 Å². The van der Waals surface area contributed by atoms with Crippen LogP contribution in [0.25, 0.3) is 22.2 Å². The number of hydrogen-bond acceptors (Lipinski definition) is 4. The summed E-state index contributed by atoms with van der Waals surface area (Å²) in [7, 11) is 1.64. The molecule has 1 aromatic heterocycles. The minimum Gasteiger partial charge on any atom is -0.497 e. The number of benzene rings is 2. The first-order chi connectivity index (χ1) is 15.1. The summed E-state index contributed by atoms with van der Waals surface area (Å²) in [4.78, 5) is 7.20. The van der Waals surface area contributed by atoms with Crippen LogP contribution in [0, 0.1) is 17.7 Å². The first-order valence-electron chi connectivity index (χ1n) is 10.9. The third-order valence-electron chi connectivity index (χ3n) is 7.02. The van der Waals surface area contributed by atoms with Crippen molar-refractivity contribution >= 4 is 35.7 Å². The molecule has 2 aromatic carbocycles. The zero-order chi connectivity index (χ0) is 21.5. The number of aromatic nitrogens is 1. The average molecular weight is 491 g/mol. The van der Waals surface area contributed by atoms with Crippen molar-refractivity contribution in [3.63, 3.8) is 0 Å². The number of aliphatic hydroxyl groups is 1. The van der Waals surface area contributed by atoms with Crippen molar-refractivity contribution in [2.24, 2.45) is 11.8 Å². The second-order valence-electron chi connectivity index (χ2n) is 8.68. The molecule has 0 saturated carbocycles. The fraction of sp³-hybridized carbons (Fsp3) is 0.346. The Kier molecular flexibility index (Phi) is 8.01. The summed E-state index contributed by atoms with van der Waals surface area (Å²) < 4.78 is 18.9. The van der Waals surface area contributed by atoms with E-state index in [0.717, 1.165) is 59.4 Å². The SMILES string of the molecule is C=C[C@H]1CN2CC[C@H]1C[C@@H]2[C@H](O)c1cc(-c2ccc(F)cc2)nc2ccc(OC)cc12.Cl.Cl. The Balaban J connectivity index is 0.00000153. The van der Waals surface area contributed by atoms with Crippen LogP contribution in [0.3, 0.4) is 0 Å². The van der Waals surface area contributed by atoms with Gasteiger partial charge in [-0.2, -0.15) is 0 Å². The van der Waals surface area contributed by atoms with Gasteiger partial charge in [-0.15, -0.1) is 31.4 Å². The molecule has 176 valence electrons. The van der Waals surface area contributed by atoms with Gasteiger partial charge in [-0.05, 0) is 85.3 Å². The number of piperidine rings is 3. The number of aliphatic hydroxyl groups excluding tert-OH is 1. The van der Waals surface area contributed by atoms with E-state index in [9.17, 15) is 9.50 Å². The number of fused-ring (bicyclic) bond motifs is 4. The van der Waals surface area contributed by atoms with Crippen LogP contribution in [0.5, 0.6) is 5.75 Å². The van der Waals surface area contributed by atoms with Crippen molar-refractivity contribution in [1.29, 1.82) is 0 Å². The molecule has 4 heterocycles. The highest BCUT2D eigenvalue weighted by Crippen LogP contribution is 2.43. The van der Waals surface area contributed by atoms with Gasteiger partial charge >= 0.3 is 0 Å². The molecule has 2 bridgehead atoms. The number of methoxy groups -OCH3 is 1. The highest BCUT2D eigenvalue weighted by atomic mass is 35.5. The molecule has 0 radical (unpaired) electrons. The van der Waals surface area contributed by atoms with Crippen LogP contribution < -0.4 is 4.74 Å². The molecule has 0 amide bonds. The molecule has 7 heteroatoms. The largest absolute Gasteiger partial charge is 0.497 e. The number of halogens is 3. The number of hydrogen-bond donors (Lipinski definition) is 1. The van der Waals surface area contributed by atoms with Gasteiger partial charge in [0.25, 0.3) is 0 Å². The van der Waals surface area contributed by atoms with Gasteiger partial charge < -0.3 is 9.84 Å². The van der Waals surface area contributed by atoms with Crippen molar-refractivity contribution < 1.29 is 14.2 Å². The predicted molar refractivity (Wildman–Crippen MR) is 135 cm³/mol. The van der Waals surface area contributed by atoms with Gasteiger partial charge in [0.2, 0.25) is 0 Å². The molecule has 3 aromatic rings. The molecule has 1 unspecified atom stereocenters. The standard InChI is InChI=1S/C26H27FN2O2.2ClH/c1-3-16-15-29-11-10-18(16)12-25(29)26(30)22-14-24(17-4-6-19(27)7-5-17)28-23-9-8-20(31-2)13-21(22)23;;/h3-9,13-14,16,18,25-26,30H,1,10-12,15H2,2H3;2*1H/t16-,18-,25+,26+;;/m0../s1. The molecule has 3 aliphatic rings. The summed E-state index contributed by atoms with van der Waals surface area (Å²) in [5.41, 5.74) is 3.18. The Morgan fingerprint density at radius 2 is 1.94 bits per heavy atom. The molecule has 5 atom stereocenters. The topological polar surface area (TPSA) is 45.6 Å². The van der Waals surface area contributed by atoms with Gasteiger partial charge in [-0.25, -0.2) is 9.37 Å². The Morgan fingerprint density at radius 3 is 2.58 bits per heavy atom. The van der Waals surface area contributed by atoms with Crippen molar-refractivity contribution in [2.45, 2.75) is 25.0 Å². The second kappa shape index (κ2) is 10.4. The lowest BCUT2D eigenvalue weighted by atomic mass is 9.73. The summed E-state index contributed by atoms with van der Waals surface area (Å²) >= 11 is 0. The second-order valence-corrected chi connectivity index (χ2v) is 8.68. The van der Waals surface area contributed by atoms with Crippen LogP contribution in [0.2, 0.25) is 0 Å². The van der Waals surface area contributed by atoms with E-state index < -0.39 is 6.10 Å². The minimum atomic E-state index is -0.648. The minimum absolute atomic E-state index is 0. The summed E-state index contributed by atoms with van der Waals surface area (Å²) in [6.45, 7) is 5.96. The zero-order valence-corrected chi connectivity index (χ0v) is 20.1. The number of rotatable bonds is 5. The van der Waals surface area contributed by atoms with Crippen LogP contribution in [-0.2, 0) is 0 Å². The predicted octanol–water partition coefficient (Wildman–Crippen LogP) is 5.82. The quantitative estimate of drug-likeness (QED) is 0.457. The molecule has 0 aliphatic carbocycles. The maximum Gasteiger partial charge on any atom is 0.123 e. The molecular formula is C26H29Cl2FN2O2. The molecule has 3 aliphatic heterocycles. The van der Waals surface area contributed by atoms with Gasteiger partial charge in [0.1, 0.15) is 11.6 Å². The average Bonchev–Trinajstić information content (AvgIpc) is 2.83. The molecule has 4 nitrogen and oxygen atoms in total. The fourth-order valence-electron chi connectivity index (χ4n) is 5.28. The maximum atomic E-state index is 13.4. The van der Waals surface area contributed by atoms with E-state index in [1.165, 1.54) is 12.1 Å². The number of ether oxygens (including phenoxy) is 1. The zero-order valence-electron chi connectivity index (χ0n) is 18.5. The third kappa shape index (κ3) is 4.73. The normalized spacial score (nSPS) is 24.5. The molecule has 1 N–H and O–H groups in total.